The van der Waals surface area contributed by atoms with Crippen molar-refractivity contribution in [1.82, 2.24) is 15.0 Å². The van der Waals surface area contributed by atoms with E-state index in [2.05, 4.69) is 39.3 Å². The van der Waals surface area contributed by atoms with Crippen LogP contribution in [0.1, 0.15) is 48.1 Å². The van der Waals surface area contributed by atoms with E-state index in [9.17, 15) is 4.39 Å². The lowest BCUT2D eigenvalue weighted by Gasteiger charge is -2.21. The quantitative estimate of drug-likeness (QED) is 0.607. The number of rotatable bonds is 7. The van der Waals surface area contributed by atoms with Gasteiger partial charge in [-0.25, -0.2) is 4.39 Å². The Morgan fingerprint density at radius 3 is 2.63 bits per heavy atom. The molecule has 0 radical (unpaired) electrons. The fraction of sp³-hybridized carbons (Fsp3) is 0.364. The van der Waals surface area contributed by atoms with Gasteiger partial charge in [0.2, 0.25) is 5.89 Å². The lowest BCUT2D eigenvalue weighted by molar-refractivity contribution is 0.201. The van der Waals surface area contributed by atoms with Crippen LogP contribution in [0.2, 0.25) is 0 Å². The minimum atomic E-state index is -0.200. The van der Waals surface area contributed by atoms with Crippen molar-refractivity contribution in [2.75, 3.05) is 6.54 Å². The first kappa shape index (κ1) is 17.9. The van der Waals surface area contributed by atoms with Crippen molar-refractivity contribution < 1.29 is 8.91 Å². The van der Waals surface area contributed by atoms with Crippen LogP contribution in [0.5, 0.6) is 0 Å². The SMILES string of the molecule is Fc1ccc(CN2CCC[C@H]2c2nc(CCCc3ccccc3)no2)cc1. The smallest absolute Gasteiger partial charge is 0.244 e. The molecule has 4 rings (SSSR count). The molecule has 1 fully saturated rings. The number of benzene rings is 2. The Hall–Kier alpha value is -2.53. The molecular formula is C22H24FN3O. The number of nitrogens with zero attached hydrogens (tertiary/aromatic N) is 3. The van der Waals surface area contributed by atoms with E-state index in [0.717, 1.165) is 56.6 Å². The Morgan fingerprint density at radius 1 is 1.00 bits per heavy atom. The molecule has 140 valence electrons. The summed E-state index contributed by atoms with van der Waals surface area (Å²) in [6.07, 6.45) is 4.98. The second-order valence-corrected chi connectivity index (χ2v) is 7.14. The maximum absolute atomic E-state index is 13.1. The van der Waals surface area contributed by atoms with Gasteiger partial charge in [-0.05, 0) is 55.5 Å². The van der Waals surface area contributed by atoms with Gasteiger partial charge in [-0.3, -0.25) is 4.90 Å². The zero-order valence-electron chi connectivity index (χ0n) is 15.4. The molecule has 1 atom stereocenters. The number of hydrogen-bond donors (Lipinski definition) is 0. The van der Waals surface area contributed by atoms with Crippen LogP contribution in [0.15, 0.2) is 59.1 Å². The van der Waals surface area contributed by atoms with Crippen LogP contribution in [-0.2, 0) is 19.4 Å². The molecule has 2 aromatic carbocycles. The number of hydrogen-bond acceptors (Lipinski definition) is 4. The zero-order valence-corrected chi connectivity index (χ0v) is 15.4. The lowest BCUT2D eigenvalue weighted by atomic mass is 10.1. The fourth-order valence-electron chi connectivity index (χ4n) is 3.72. The standard InChI is InChI=1S/C22H24FN3O/c23-19-13-11-18(12-14-19)16-26-15-5-9-20(26)22-24-21(25-27-22)10-4-8-17-6-2-1-3-7-17/h1-3,6-7,11-14,20H,4-5,8-10,15-16H2/t20-/m0/s1. The first-order valence-electron chi connectivity index (χ1n) is 9.63. The third kappa shape index (κ3) is 4.61. The summed E-state index contributed by atoms with van der Waals surface area (Å²) in [5, 5.41) is 4.18. The highest BCUT2D eigenvalue weighted by atomic mass is 19.1. The van der Waals surface area contributed by atoms with E-state index < -0.39 is 0 Å². The number of likely N-dealkylation sites (tertiary alicyclic amines) is 1. The van der Waals surface area contributed by atoms with Crippen LogP contribution in [0, 0.1) is 5.82 Å². The third-order valence-corrected chi connectivity index (χ3v) is 5.14. The topological polar surface area (TPSA) is 42.2 Å². The molecule has 0 aliphatic carbocycles. The summed E-state index contributed by atoms with van der Waals surface area (Å²) in [4.78, 5) is 6.99. The molecule has 3 aromatic rings. The summed E-state index contributed by atoms with van der Waals surface area (Å²) >= 11 is 0. The van der Waals surface area contributed by atoms with Gasteiger partial charge in [0.1, 0.15) is 5.82 Å². The normalized spacial score (nSPS) is 17.4. The Bertz CT molecular complexity index is 848. The molecule has 1 aromatic heterocycles. The first-order valence-corrected chi connectivity index (χ1v) is 9.63. The molecule has 1 aliphatic rings. The molecule has 27 heavy (non-hydrogen) atoms. The van der Waals surface area contributed by atoms with E-state index in [1.807, 2.05) is 18.2 Å². The monoisotopic (exact) mass is 365 g/mol. The van der Waals surface area contributed by atoms with Gasteiger partial charge in [0, 0.05) is 13.0 Å². The molecule has 0 N–H and O–H groups in total. The van der Waals surface area contributed by atoms with E-state index in [-0.39, 0.29) is 11.9 Å². The Balaban J connectivity index is 1.34. The highest BCUT2D eigenvalue weighted by molar-refractivity contribution is 5.17. The van der Waals surface area contributed by atoms with Gasteiger partial charge < -0.3 is 4.52 Å². The first-order chi connectivity index (χ1) is 13.3. The highest BCUT2D eigenvalue weighted by Gasteiger charge is 2.30. The van der Waals surface area contributed by atoms with Crippen molar-refractivity contribution in [3.05, 3.63) is 83.3 Å². The number of halogens is 1. The Morgan fingerprint density at radius 2 is 1.81 bits per heavy atom. The van der Waals surface area contributed by atoms with Crippen LogP contribution < -0.4 is 0 Å². The van der Waals surface area contributed by atoms with Gasteiger partial charge in [0.15, 0.2) is 5.82 Å². The molecule has 1 aliphatic heterocycles. The Labute approximate surface area is 159 Å². The largest absolute Gasteiger partial charge is 0.338 e. The van der Waals surface area contributed by atoms with Gasteiger partial charge in [-0.2, -0.15) is 4.98 Å². The summed E-state index contributed by atoms with van der Waals surface area (Å²) in [5.74, 6) is 1.30. The molecule has 0 unspecified atom stereocenters. The van der Waals surface area contributed by atoms with E-state index in [1.165, 1.54) is 17.7 Å². The molecule has 1 saturated heterocycles. The predicted octanol–water partition coefficient (Wildman–Crippen LogP) is 4.72. The van der Waals surface area contributed by atoms with E-state index >= 15 is 0 Å². The highest BCUT2D eigenvalue weighted by Crippen LogP contribution is 2.32. The second kappa shape index (κ2) is 8.44. The van der Waals surface area contributed by atoms with Crippen molar-refractivity contribution in [2.24, 2.45) is 0 Å². The fourth-order valence-corrected chi connectivity index (χ4v) is 3.72. The van der Waals surface area contributed by atoms with Crippen LogP contribution in [0.4, 0.5) is 4.39 Å². The van der Waals surface area contributed by atoms with Crippen LogP contribution >= 0.6 is 0 Å². The van der Waals surface area contributed by atoms with Gasteiger partial charge in [0.25, 0.3) is 0 Å². The number of aryl methyl sites for hydroxylation is 2. The molecule has 0 saturated carbocycles. The van der Waals surface area contributed by atoms with Crippen molar-refractivity contribution in [1.29, 1.82) is 0 Å². The van der Waals surface area contributed by atoms with Crippen LogP contribution in [0.25, 0.3) is 0 Å². The summed E-state index contributed by atoms with van der Waals surface area (Å²) < 4.78 is 18.7. The predicted molar refractivity (Wildman–Crippen MR) is 102 cm³/mol. The molecule has 4 nitrogen and oxygen atoms in total. The molecule has 0 bridgehead atoms. The third-order valence-electron chi connectivity index (χ3n) is 5.14. The van der Waals surface area contributed by atoms with Crippen molar-refractivity contribution in [3.8, 4) is 0 Å². The average molecular weight is 365 g/mol. The Kier molecular flexibility index (Phi) is 5.58. The molecule has 2 heterocycles. The second-order valence-electron chi connectivity index (χ2n) is 7.14. The zero-order chi connectivity index (χ0) is 18.5. The summed E-state index contributed by atoms with van der Waals surface area (Å²) in [5.41, 5.74) is 2.44. The van der Waals surface area contributed by atoms with Gasteiger partial charge in [0.05, 0.1) is 6.04 Å². The van der Waals surface area contributed by atoms with Crippen molar-refractivity contribution >= 4 is 0 Å². The van der Waals surface area contributed by atoms with Crippen molar-refractivity contribution in [2.45, 2.75) is 44.7 Å². The van der Waals surface area contributed by atoms with Gasteiger partial charge >= 0.3 is 0 Å². The summed E-state index contributed by atoms with van der Waals surface area (Å²) in [7, 11) is 0. The van der Waals surface area contributed by atoms with Gasteiger partial charge in [-0.15, -0.1) is 0 Å². The molecule has 0 amide bonds. The molecule has 0 spiro atoms. The van der Waals surface area contributed by atoms with Crippen LogP contribution in [0.3, 0.4) is 0 Å². The van der Waals surface area contributed by atoms with E-state index in [4.69, 9.17) is 4.52 Å². The lowest BCUT2D eigenvalue weighted by Crippen LogP contribution is -2.23. The average Bonchev–Trinajstić information content (AvgIpc) is 3.34. The summed E-state index contributed by atoms with van der Waals surface area (Å²) in [6.45, 7) is 1.77. The van der Waals surface area contributed by atoms with E-state index in [1.54, 1.807) is 0 Å². The van der Waals surface area contributed by atoms with Crippen molar-refractivity contribution in [3.63, 3.8) is 0 Å². The maximum Gasteiger partial charge on any atom is 0.244 e. The van der Waals surface area contributed by atoms with E-state index in [0.29, 0.717) is 5.89 Å². The maximum atomic E-state index is 13.1. The minimum Gasteiger partial charge on any atom is -0.338 e. The molecular weight excluding hydrogens is 341 g/mol. The minimum absolute atomic E-state index is 0.158. The number of aromatic nitrogens is 2. The van der Waals surface area contributed by atoms with Gasteiger partial charge in [-0.1, -0.05) is 47.6 Å². The van der Waals surface area contributed by atoms with Crippen LogP contribution in [-0.4, -0.2) is 21.6 Å². The molecule has 5 heteroatoms. The summed E-state index contributed by atoms with van der Waals surface area (Å²) in [6, 6.07) is 17.3.